The van der Waals surface area contributed by atoms with Crippen LogP contribution >= 0.6 is 16.5 Å². The van der Waals surface area contributed by atoms with Crippen LogP contribution in [0.5, 0.6) is 0 Å². The van der Waals surface area contributed by atoms with Crippen molar-refractivity contribution in [3.63, 3.8) is 0 Å². The van der Waals surface area contributed by atoms with Crippen LogP contribution in [0.15, 0.2) is 0 Å². The SMILES string of the molecule is CC(C)N(C)CCC(C)(O[P+](=O)O)O[P+](=O)O. The minimum atomic E-state index is -2.90. The molecule has 0 heterocycles. The molecule has 9 heteroatoms. The fraction of sp³-hybridized carbons (Fsp3) is 1.00. The van der Waals surface area contributed by atoms with E-state index < -0.39 is 22.3 Å². The van der Waals surface area contributed by atoms with E-state index in [4.69, 9.17) is 9.79 Å². The molecule has 2 atom stereocenters. The lowest BCUT2D eigenvalue weighted by atomic mass is 10.2. The molecule has 0 aliphatic rings. The fourth-order valence-corrected chi connectivity index (χ4v) is 2.05. The van der Waals surface area contributed by atoms with E-state index in [1.54, 1.807) is 0 Å². The Morgan fingerprint density at radius 3 is 1.94 bits per heavy atom. The quantitative estimate of drug-likeness (QED) is 0.518. The molecule has 0 amide bonds. The lowest BCUT2D eigenvalue weighted by Gasteiger charge is -2.24. The second-order valence-corrected chi connectivity index (χ2v) is 5.43. The maximum absolute atomic E-state index is 10.6. The van der Waals surface area contributed by atoms with E-state index in [1.165, 1.54) is 6.92 Å². The zero-order valence-corrected chi connectivity index (χ0v) is 12.1. The Balaban J connectivity index is 4.48. The summed E-state index contributed by atoms with van der Waals surface area (Å²) >= 11 is 0. The summed E-state index contributed by atoms with van der Waals surface area (Å²) in [6.07, 6.45) is 0.199. The van der Waals surface area contributed by atoms with Gasteiger partial charge in [-0.1, -0.05) is 9.05 Å². The average Bonchev–Trinajstić information content (AvgIpc) is 2.11. The van der Waals surface area contributed by atoms with Crippen molar-refractivity contribution >= 4 is 16.5 Å². The van der Waals surface area contributed by atoms with Crippen LogP contribution in [0.3, 0.4) is 0 Å². The Morgan fingerprint density at radius 2 is 1.65 bits per heavy atom. The van der Waals surface area contributed by atoms with Crippen LogP contribution in [-0.4, -0.2) is 40.1 Å². The molecule has 0 radical (unpaired) electrons. The van der Waals surface area contributed by atoms with Crippen molar-refractivity contribution < 1.29 is 28.0 Å². The van der Waals surface area contributed by atoms with Crippen LogP contribution in [0.2, 0.25) is 0 Å². The molecule has 0 bridgehead atoms. The molecule has 0 aromatic rings. The number of hydrogen-bond donors (Lipinski definition) is 2. The molecule has 0 aromatic heterocycles. The van der Waals surface area contributed by atoms with Crippen molar-refractivity contribution in [3.05, 3.63) is 0 Å². The van der Waals surface area contributed by atoms with Crippen molar-refractivity contribution in [1.82, 2.24) is 4.90 Å². The predicted octanol–water partition coefficient (Wildman–Crippen LogP) is 1.77. The summed E-state index contributed by atoms with van der Waals surface area (Å²) in [6.45, 7) is 5.82. The Kier molecular flexibility index (Phi) is 7.44. The minimum absolute atomic E-state index is 0.199. The Labute approximate surface area is 103 Å². The summed E-state index contributed by atoms with van der Waals surface area (Å²) in [5.74, 6) is -1.55. The van der Waals surface area contributed by atoms with Gasteiger partial charge in [0.15, 0.2) is 0 Å². The van der Waals surface area contributed by atoms with E-state index in [0.717, 1.165) is 0 Å². The van der Waals surface area contributed by atoms with Gasteiger partial charge in [-0.15, -0.1) is 9.79 Å². The van der Waals surface area contributed by atoms with Crippen LogP contribution in [-0.2, 0) is 18.2 Å². The molecule has 0 spiro atoms. The third-order valence-electron chi connectivity index (χ3n) is 2.34. The smallest absolute Gasteiger partial charge is 0.304 e. The zero-order valence-electron chi connectivity index (χ0n) is 10.4. The van der Waals surface area contributed by atoms with Gasteiger partial charge in [-0.2, -0.15) is 0 Å². The van der Waals surface area contributed by atoms with Gasteiger partial charge in [-0.3, -0.25) is 0 Å². The first-order valence-corrected chi connectivity index (χ1v) is 7.33. The fourth-order valence-electron chi connectivity index (χ4n) is 1.08. The van der Waals surface area contributed by atoms with Gasteiger partial charge in [-0.25, -0.2) is 0 Å². The second-order valence-electron chi connectivity index (χ2n) is 4.12. The van der Waals surface area contributed by atoms with Crippen molar-refractivity contribution in [3.8, 4) is 0 Å². The van der Waals surface area contributed by atoms with Crippen LogP contribution in [0.1, 0.15) is 27.2 Å². The van der Waals surface area contributed by atoms with Gasteiger partial charge in [0.25, 0.3) is 5.79 Å². The first-order valence-electron chi connectivity index (χ1n) is 5.07. The summed E-state index contributed by atoms with van der Waals surface area (Å²) < 4.78 is 30.6. The summed E-state index contributed by atoms with van der Waals surface area (Å²) in [5, 5.41) is 0. The summed E-state index contributed by atoms with van der Waals surface area (Å²) in [7, 11) is -3.93. The molecule has 0 aliphatic heterocycles. The van der Waals surface area contributed by atoms with E-state index in [9.17, 15) is 9.13 Å². The van der Waals surface area contributed by atoms with Crippen molar-refractivity contribution in [2.45, 2.75) is 39.0 Å². The topological polar surface area (TPSA) is 96.3 Å². The molecular weight excluding hydrogens is 268 g/mol. The van der Waals surface area contributed by atoms with E-state index in [1.807, 2.05) is 25.8 Å². The minimum Gasteiger partial charge on any atom is -0.304 e. The molecule has 2 unspecified atom stereocenters. The van der Waals surface area contributed by atoms with E-state index in [0.29, 0.717) is 6.54 Å². The third kappa shape index (κ3) is 7.84. The summed E-state index contributed by atoms with van der Waals surface area (Å²) in [4.78, 5) is 19.3. The summed E-state index contributed by atoms with van der Waals surface area (Å²) in [5.41, 5.74) is 0. The molecule has 0 aromatic carbocycles. The van der Waals surface area contributed by atoms with Crippen molar-refractivity contribution in [2.24, 2.45) is 0 Å². The van der Waals surface area contributed by atoms with Crippen LogP contribution in [0, 0.1) is 0 Å². The number of rotatable bonds is 8. The van der Waals surface area contributed by atoms with Crippen LogP contribution in [0.25, 0.3) is 0 Å². The van der Waals surface area contributed by atoms with Gasteiger partial charge in [0.2, 0.25) is 0 Å². The molecule has 7 nitrogen and oxygen atoms in total. The molecular formula is C8H19NO6P2+2. The Bertz CT molecular complexity index is 269. The highest BCUT2D eigenvalue weighted by Crippen LogP contribution is 2.36. The number of hydrogen-bond acceptors (Lipinski definition) is 5. The molecule has 0 aliphatic carbocycles. The highest BCUT2D eigenvalue weighted by molar-refractivity contribution is 7.33. The maximum Gasteiger partial charge on any atom is 0.697 e. The van der Waals surface area contributed by atoms with Gasteiger partial charge >= 0.3 is 16.5 Å². The average molecular weight is 287 g/mol. The molecule has 100 valence electrons. The predicted molar refractivity (Wildman–Crippen MR) is 62.6 cm³/mol. The van der Waals surface area contributed by atoms with Gasteiger partial charge in [0, 0.05) is 28.1 Å². The zero-order chi connectivity index (χ0) is 13.6. The largest absolute Gasteiger partial charge is 0.697 e. The van der Waals surface area contributed by atoms with Crippen molar-refractivity contribution in [1.29, 1.82) is 0 Å². The molecule has 0 saturated heterocycles. The molecule has 0 saturated carbocycles. The highest BCUT2D eigenvalue weighted by Gasteiger charge is 2.45. The van der Waals surface area contributed by atoms with E-state index >= 15 is 0 Å². The monoisotopic (exact) mass is 287 g/mol. The Hall–Kier alpha value is -0.0000000000000000763. The number of nitrogens with zero attached hydrogens (tertiary/aromatic N) is 1. The van der Waals surface area contributed by atoms with E-state index in [2.05, 4.69) is 9.05 Å². The standard InChI is InChI=1S/C8H17NO6P2/c1-7(2)9(4)6-5-8(3,14-16(10)11)15-17(12)13/h7H,5-6H2,1-4H3/p+2. The second kappa shape index (κ2) is 7.44. The van der Waals surface area contributed by atoms with Crippen LogP contribution < -0.4 is 0 Å². The lowest BCUT2D eigenvalue weighted by Crippen LogP contribution is -2.35. The molecule has 0 fully saturated rings. The summed E-state index contributed by atoms with van der Waals surface area (Å²) in [6, 6.07) is 0.282. The normalized spacial score (nSPS) is 17.2. The maximum atomic E-state index is 10.6. The molecule has 0 rings (SSSR count). The third-order valence-corrected chi connectivity index (χ3v) is 3.43. The first-order chi connectivity index (χ1) is 7.66. The lowest BCUT2D eigenvalue weighted by molar-refractivity contribution is -0.108. The molecule has 2 N–H and O–H groups in total. The van der Waals surface area contributed by atoms with E-state index in [-0.39, 0.29) is 12.5 Å². The molecule has 17 heavy (non-hydrogen) atoms. The highest BCUT2D eigenvalue weighted by atomic mass is 31.1. The van der Waals surface area contributed by atoms with Gasteiger partial charge in [-0.05, 0) is 27.8 Å². The van der Waals surface area contributed by atoms with Gasteiger partial charge in [0.05, 0.1) is 0 Å². The first kappa shape index (κ1) is 17.0. The van der Waals surface area contributed by atoms with Crippen LogP contribution in [0.4, 0.5) is 0 Å². The van der Waals surface area contributed by atoms with Gasteiger partial charge in [0.1, 0.15) is 0 Å². The van der Waals surface area contributed by atoms with Crippen molar-refractivity contribution in [2.75, 3.05) is 13.6 Å². The Morgan fingerprint density at radius 1 is 1.24 bits per heavy atom. The van der Waals surface area contributed by atoms with Gasteiger partial charge < -0.3 is 4.90 Å².